The van der Waals surface area contributed by atoms with Gasteiger partial charge in [0.05, 0.1) is 24.4 Å². The molecule has 0 saturated carbocycles. The zero-order valence-electron chi connectivity index (χ0n) is 16.2. The number of rotatable bonds is 8. The lowest BCUT2D eigenvalue weighted by molar-refractivity contribution is 0.0949. The van der Waals surface area contributed by atoms with Gasteiger partial charge in [-0.2, -0.15) is 0 Å². The molecule has 3 rings (SSSR count). The molecule has 6 nitrogen and oxygen atoms in total. The molecule has 1 aromatic carbocycles. The molecule has 3 aromatic rings. The highest BCUT2D eigenvalue weighted by Crippen LogP contribution is 2.27. The van der Waals surface area contributed by atoms with Gasteiger partial charge in [0.25, 0.3) is 11.5 Å². The van der Waals surface area contributed by atoms with E-state index in [-0.39, 0.29) is 12.1 Å². The third-order valence-corrected chi connectivity index (χ3v) is 4.56. The third kappa shape index (κ3) is 4.57. The minimum absolute atomic E-state index is 0.0733. The second kappa shape index (κ2) is 9.17. The molecule has 2 N–H and O–H groups in total. The highest BCUT2D eigenvalue weighted by molar-refractivity contribution is 5.98. The molecule has 0 spiro atoms. The molecule has 146 valence electrons. The second-order valence-corrected chi connectivity index (χ2v) is 6.75. The van der Waals surface area contributed by atoms with Gasteiger partial charge in [0.15, 0.2) is 0 Å². The smallest absolute Gasteiger partial charge is 0.261 e. The van der Waals surface area contributed by atoms with Crippen molar-refractivity contribution < 1.29 is 9.53 Å². The van der Waals surface area contributed by atoms with Gasteiger partial charge in [0.1, 0.15) is 11.3 Å². The normalized spacial score (nSPS) is 10.8. The number of fused-ring (bicyclic) bond motifs is 1. The zero-order valence-corrected chi connectivity index (χ0v) is 16.2. The van der Waals surface area contributed by atoms with E-state index in [1.165, 1.54) is 0 Å². The fourth-order valence-corrected chi connectivity index (χ4v) is 3.00. The number of aromatic amines is 1. The maximum absolute atomic E-state index is 12.5. The summed E-state index contributed by atoms with van der Waals surface area (Å²) in [6.45, 7) is 4.94. The Morgan fingerprint density at radius 3 is 2.82 bits per heavy atom. The van der Waals surface area contributed by atoms with Crippen LogP contribution in [0.3, 0.4) is 0 Å². The van der Waals surface area contributed by atoms with Crippen molar-refractivity contribution in [3.63, 3.8) is 0 Å². The van der Waals surface area contributed by atoms with Crippen LogP contribution in [0, 0.1) is 6.92 Å². The van der Waals surface area contributed by atoms with Gasteiger partial charge in [-0.05, 0) is 37.1 Å². The fraction of sp³-hybridized carbons (Fsp3) is 0.318. The van der Waals surface area contributed by atoms with Crippen LogP contribution in [-0.2, 0) is 6.54 Å². The number of carbonyl (C=O) groups excluding carboxylic acids is 1. The summed E-state index contributed by atoms with van der Waals surface area (Å²) < 4.78 is 5.93. The molecule has 1 amide bonds. The number of ether oxygens (including phenoxy) is 1. The van der Waals surface area contributed by atoms with E-state index in [9.17, 15) is 9.59 Å². The quantitative estimate of drug-likeness (QED) is 0.584. The fourth-order valence-electron chi connectivity index (χ4n) is 3.00. The number of hydrogen-bond acceptors (Lipinski definition) is 4. The number of aryl methyl sites for hydroxylation is 1. The largest absolute Gasteiger partial charge is 0.491 e. The number of benzene rings is 1. The molecule has 0 aliphatic rings. The minimum atomic E-state index is -0.435. The topological polar surface area (TPSA) is 84.1 Å². The van der Waals surface area contributed by atoms with Crippen molar-refractivity contribution in [2.24, 2.45) is 0 Å². The summed E-state index contributed by atoms with van der Waals surface area (Å²) in [5, 5.41) is 3.51. The number of amides is 1. The predicted octanol–water partition coefficient (Wildman–Crippen LogP) is 3.73. The standard InChI is InChI=1S/C22H25N3O3/c1-3-4-7-12-28-20-15(2)9-10-16-13-18(22(27)25-19(16)20)21(26)24-14-17-8-5-6-11-23-17/h5-6,8-11,13H,3-4,7,12,14H2,1-2H3,(H,24,26)(H,25,27). The Bertz CT molecular complexity index is 1010. The van der Waals surface area contributed by atoms with Gasteiger partial charge in [0, 0.05) is 11.6 Å². The SMILES string of the molecule is CCCCCOc1c(C)ccc2cc(C(=O)NCc3ccccn3)c(=O)[nH]c12. The van der Waals surface area contributed by atoms with E-state index in [0.29, 0.717) is 17.9 Å². The summed E-state index contributed by atoms with van der Waals surface area (Å²) in [6.07, 6.45) is 4.84. The van der Waals surface area contributed by atoms with E-state index in [0.717, 1.165) is 35.9 Å². The second-order valence-electron chi connectivity index (χ2n) is 6.75. The molecule has 0 fully saturated rings. The monoisotopic (exact) mass is 379 g/mol. The molecule has 0 atom stereocenters. The molecule has 2 aromatic heterocycles. The maximum atomic E-state index is 12.5. The first-order valence-electron chi connectivity index (χ1n) is 9.57. The summed E-state index contributed by atoms with van der Waals surface area (Å²) in [5.41, 5.74) is 1.94. The molecule has 0 aliphatic carbocycles. The number of aromatic nitrogens is 2. The maximum Gasteiger partial charge on any atom is 0.261 e. The molecular formula is C22H25N3O3. The van der Waals surface area contributed by atoms with Crippen molar-refractivity contribution in [2.45, 2.75) is 39.7 Å². The van der Waals surface area contributed by atoms with Gasteiger partial charge in [-0.15, -0.1) is 0 Å². The molecule has 0 radical (unpaired) electrons. The van der Waals surface area contributed by atoms with Crippen LogP contribution in [-0.4, -0.2) is 22.5 Å². The number of H-pyrrole nitrogens is 1. The average molecular weight is 379 g/mol. The van der Waals surface area contributed by atoms with Crippen LogP contribution >= 0.6 is 0 Å². The summed E-state index contributed by atoms with van der Waals surface area (Å²) in [5.74, 6) is 0.242. The van der Waals surface area contributed by atoms with Crippen LogP contribution in [0.25, 0.3) is 10.9 Å². The molecule has 28 heavy (non-hydrogen) atoms. The van der Waals surface area contributed by atoms with E-state index in [2.05, 4.69) is 22.2 Å². The molecule has 6 heteroatoms. The first-order valence-corrected chi connectivity index (χ1v) is 9.57. The van der Waals surface area contributed by atoms with Gasteiger partial charge in [-0.1, -0.05) is 38.0 Å². The van der Waals surface area contributed by atoms with E-state index in [1.807, 2.05) is 37.3 Å². The van der Waals surface area contributed by atoms with Crippen LogP contribution in [0.5, 0.6) is 5.75 Å². The number of carbonyl (C=O) groups is 1. The summed E-state index contributed by atoms with van der Waals surface area (Å²) in [4.78, 5) is 32.0. The lowest BCUT2D eigenvalue weighted by atomic mass is 10.1. The van der Waals surface area contributed by atoms with Crippen molar-refractivity contribution >= 4 is 16.8 Å². The van der Waals surface area contributed by atoms with Crippen LogP contribution in [0.2, 0.25) is 0 Å². The number of hydrogen-bond donors (Lipinski definition) is 2. The number of pyridine rings is 2. The summed E-state index contributed by atoms with van der Waals surface area (Å²) in [7, 11) is 0. The first kappa shape index (κ1) is 19.6. The van der Waals surface area contributed by atoms with E-state index in [1.54, 1.807) is 12.3 Å². The van der Waals surface area contributed by atoms with Crippen molar-refractivity contribution in [1.29, 1.82) is 0 Å². The zero-order chi connectivity index (χ0) is 19.9. The van der Waals surface area contributed by atoms with Gasteiger partial charge in [-0.25, -0.2) is 0 Å². The van der Waals surface area contributed by atoms with E-state index >= 15 is 0 Å². The van der Waals surface area contributed by atoms with E-state index in [4.69, 9.17) is 4.74 Å². The Morgan fingerprint density at radius 1 is 1.21 bits per heavy atom. The van der Waals surface area contributed by atoms with Crippen LogP contribution < -0.4 is 15.6 Å². The minimum Gasteiger partial charge on any atom is -0.491 e. The number of nitrogens with zero attached hydrogens (tertiary/aromatic N) is 1. The lowest BCUT2D eigenvalue weighted by Crippen LogP contribution is -2.29. The first-order chi connectivity index (χ1) is 13.6. The van der Waals surface area contributed by atoms with Gasteiger partial charge >= 0.3 is 0 Å². The Labute approximate surface area is 164 Å². The van der Waals surface area contributed by atoms with E-state index < -0.39 is 11.5 Å². The third-order valence-electron chi connectivity index (χ3n) is 4.56. The molecule has 0 bridgehead atoms. The molecule has 0 aliphatic heterocycles. The Morgan fingerprint density at radius 2 is 2.07 bits per heavy atom. The molecule has 0 saturated heterocycles. The summed E-state index contributed by atoms with van der Waals surface area (Å²) >= 11 is 0. The van der Waals surface area contributed by atoms with Crippen molar-refractivity contribution in [3.05, 3.63) is 69.8 Å². The Hall–Kier alpha value is -3.15. The molecule has 0 unspecified atom stereocenters. The van der Waals surface area contributed by atoms with Crippen LogP contribution in [0.15, 0.2) is 47.4 Å². The molecule has 2 heterocycles. The Balaban J connectivity index is 1.83. The van der Waals surface area contributed by atoms with Crippen molar-refractivity contribution in [1.82, 2.24) is 15.3 Å². The highest BCUT2D eigenvalue weighted by Gasteiger charge is 2.15. The number of nitrogens with one attached hydrogen (secondary N) is 2. The number of unbranched alkanes of at least 4 members (excludes halogenated alkanes) is 2. The van der Waals surface area contributed by atoms with Gasteiger partial charge < -0.3 is 15.0 Å². The van der Waals surface area contributed by atoms with Crippen molar-refractivity contribution in [2.75, 3.05) is 6.61 Å². The molecular weight excluding hydrogens is 354 g/mol. The van der Waals surface area contributed by atoms with Gasteiger partial charge in [0.2, 0.25) is 0 Å². The lowest BCUT2D eigenvalue weighted by Gasteiger charge is -2.13. The Kier molecular flexibility index (Phi) is 6.42. The summed E-state index contributed by atoms with van der Waals surface area (Å²) in [6, 6.07) is 10.9. The average Bonchev–Trinajstić information content (AvgIpc) is 2.71. The van der Waals surface area contributed by atoms with Gasteiger partial charge in [-0.3, -0.25) is 14.6 Å². The van der Waals surface area contributed by atoms with Crippen LogP contribution in [0.1, 0.15) is 47.8 Å². The predicted molar refractivity (Wildman–Crippen MR) is 110 cm³/mol. The van der Waals surface area contributed by atoms with Crippen LogP contribution in [0.4, 0.5) is 0 Å². The van der Waals surface area contributed by atoms with Crippen molar-refractivity contribution in [3.8, 4) is 5.75 Å². The highest BCUT2D eigenvalue weighted by atomic mass is 16.5.